The lowest BCUT2D eigenvalue weighted by Crippen LogP contribution is -2.21. The first-order valence-corrected chi connectivity index (χ1v) is 9.10. The van der Waals surface area contributed by atoms with Crippen LogP contribution in [0.15, 0.2) is 43.5 Å². The molecule has 0 aliphatic heterocycles. The predicted molar refractivity (Wildman–Crippen MR) is 98.4 cm³/mol. The van der Waals surface area contributed by atoms with Gasteiger partial charge in [0.2, 0.25) is 0 Å². The van der Waals surface area contributed by atoms with Crippen molar-refractivity contribution >= 4 is 17.1 Å². The lowest BCUT2D eigenvalue weighted by Gasteiger charge is -2.06. The van der Waals surface area contributed by atoms with Gasteiger partial charge in [-0.1, -0.05) is 16.4 Å². The van der Waals surface area contributed by atoms with Crippen LogP contribution in [-0.4, -0.2) is 25.2 Å². The number of hydrogen-bond acceptors (Lipinski definition) is 7. The molecule has 9 heteroatoms. The molecule has 8 nitrogen and oxygen atoms in total. The molecule has 0 saturated carbocycles. The Kier molecular flexibility index (Phi) is 4.15. The average Bonchev–Trinajstić information content (AvgIpc) is 3.39. The number of nitrogens with zero attached hydrogens (tertiary/aromatic N) is 4. The molecule has 0 unspecified atom stereocenters. The van der Waals surface area contributed by atoms with Crippen LogP contribution >= 0.6 is 11.3 Å². The van der Waals surface area contributed by atoms with Gasteiger partial charge >= 0.3 is 5.76 Å². The van der Waals surface area contributed by atoms with Crippen molar-refractivity contribution in [3.8, 4) is 16.5 Å². The molecule has 4 aromatic rings. The molecule has 0 spiro atoms. The van der Waals surface area contributed by atoms with Crippen molar-refractivity contribution < 1.29 is 13.8 Å². The first-order valence-electron chi connectivity index (χ1n) is 8.22. The molecule has 0 fully saturated rings. The standard InChI is InChI=1S/C18H16N4O4S/c1-10-7-13(12(3)22(10)16-8-11(2)25-19-16)14(23)9-21-17(20-26-18(21)24)15-5-4-6-27-15/h4-8H,9H2,1-3H3. The van der Waals surface area contributed by atoms with E-state index in [9.17, 15) is 9.59 Å². The fourth-order valence-corrected chi connectivity index (χ4v) is 3.79. The van der Waals surface area contributed by atoms with Gasteiger partial charge in [-0.15, -0.1) is 11.3 Å². The van der Waals surface area contributed by atoms with Crippen molar-refractivity contribution in [2.45, 2.75) is 27.3 Å². The smallest absolute Gasteiger partial charge is 0.360 e. The Labute approximate surface area is 157 Å². The molecule has 0 bridgehead atoms. The Morgan fingerprint density at radius 3 is 2.67 bits per heavy atom. The van der Waals surface area contributed by atoms with Crippen LogP contribution in [0.2, 0.25) is 0 Å². The van der Waals surface area contributed by atoms with Crippen LogP contribution in [0.25, 0.3) is 16.5 Å². The van der Waals surface area contributed by atoms with Gasteiger partial charge in [0.1, 0.15) is 5.76 Å². The normalized spacial score (nSPS) is 11.2. The predicted octanol–water partition coefficient (Wildman–Crippen LogP) is 3.15. The molecule has 0 saturated heterocycles. The third kappa shape index (κ3) is 2.95. The lowest BCUT2D eigenvalue weighted by atomic mass is 10.1. The van der Waals surface area contributed by atoms with Crippen molar-refractivity contribution in [1.82, 2.24) is 19.4 Å². The van der Waals surface area contributed by atoms with E-state index in [4.69, 9.17) is 9.05 Å². The highest BCUT2D eigenvalue weighted by atomic mass is 32.1. The van der Waals surface area contributed by atoms with Crippen LogP contribution in [0.1, 0.15) is 27.5 Å². The Morgan fingerprint density at radius 1 is 1.19 bits per heavy atom. The fourth-order valence-electron chi connectivity index (χ4n) is 3.08. The summed E-state index contributed by atoms with van der Waals surface area (Å²) in [5.74, 6) is 0.777. The minimum Gasteiger partial charge on any atom is -0.360 e. The Bertz CT molecular complexity index is 1180. The molecule has 4 rings (SSSR count). The van der Waals surface area contributed by atoms with E-state index in [1.165, 1.54) is 15.9 Å². The van der Waals surface area contributed by atoms with E-state index >= 15 is 0 Å². The summed E-state index contributed by atoms with van der Waals surface area (Å²) in [5, 5.41) is 9.69. The second-order valence-corrected chi connectivity index (χ2v) is 7.12. The number of aromatic nitrogens is 4. The quantitative estimate of drug-likeness (QED) is 0.491. The molecule has 0 aliphatic carbocycles. The summed E-state index contributed by atoms with van der Waals surface area (Å²) in [4.78, 5) is 25.7. The zero-order valence-electron chi connectivity index (χ0n) is 14.9. The molecule has 0 atom stereocenters. The highest BCUT2D eigenvalue weighted by molar-refractivity contribution is 7.13. The highest BCUT2D eigenvalue weighted by Gasteiger charge is 2.22. The maximum atomic E-state index is 12.9. The lowest BCUT2D eigenvalue weighted by molar-refractivity contribution is 0.0969. The van der Waals surface area contributed by atoms with Gasteiger partial charge in [0, 0.05) is 23.0 Å². The van der Waals surface area contributed by atoms with Gasteiger partial charge in [0.15, 0.2) is 17.4 Å². The summed E-state index contributed by atoms with van der Waals surface area (Å²) in [6, 6.07) is 7.25. The first kappa shape index (κ1) is 17.2. The van der Waals surface area contributed by atoms with Crippen LogP contribution in [0, 0.1) is 20.8 Å². The summed E-state index contributed by atoms with van der Waals surface area (Å²) in [7, 11) is 0. The number of carbonyl (C=O) groups is 1. The van der Waals surface area contributed by atoms with Crippen LogP contribution < -0.4 is 5.76 Å². The van der Waals surface area contributed by atoms with Crippen molar-refractivity contribution in [3.63, 3.8) is 0 Å². The summed E-state index contributed by atoms with van der Waals surface area (Å²) in [6.45, 7) is 5.37. The van der Waals surface area contributed by atoms with E-state index < -0.39 is 5.76 Å². The fraction of sp³-hybridized carbons (Fsp3) is 0.222. The average molecular weight is 384 g/mol. The van der Waals surface area contributed by atoms with Gasteiger partial charge in [-0.25, -0.2) is 9.36 Å². The second-order valence-electron chi connectivity index (χ2n) is 6.17. The third-order valence-electron chi connectivity index (χ3n) is 4.31. The van der Waals surface area contributed by atoms with Gasteiger partial charge < -0.3 is 4.52 Å². The maximum Gasteiger partial charge on any atom is 0.442 e. The Morgan fingerprint density at radius 2 is 2.00 bits per heavy atom. The van der Waals surface area contributed by atoms with Gasteiger partial charge in [-0.2, -0.15) is 0 Å². The van der Waals surface area contributed by atoms with E-state index in [1.807, 2.05) is 35.9 Å². The Hall–Kier alpha value is -3.20. The van der Waals surface area contributed by atoms with Crippen LogP contribution in [0.4, 0.5) is 0 Å². The topological polar surface area (TPSA) is 96.1 Å². The summed E-state index contributed by atoms with van der Waals surface area (Å²) in [5.41, 5.74) is 2.09. The molecule has 0 radical (unpaired) electrons. The summed E-state index contributed by atoms with van der Waals surface area (Å²) < 4.78 is 13.0. The van der Waals surface area contributed by atoms with E-state index in [2.05, 4.69) is 10.3 Å². The molecule has 0 amide bonds. The van der Waals surface area contributed by atoms with E-state index in [0.29, 0.717) is 23.0 Å². The number of aryl methyl sites for hydroxylation is 2. The van der Waals surface area contributed by atoms with Crippen LogP contribution in [0.3, 0.4) is 0 Å². The van der Waals surface area contributed by atoms with E-state index in [1.54, 1.807) is 19.1 Å². The van der Waals surface area contributed by atoms with Crippen molar-refractivity contribution in [2.75, 3.05) is 0 Å². The number of Topliss-reactive ketones (excluding diaryl/α,β-unsaturated/α-hetero) is 1. The number of carbonyl (C=O) groups excluding carboxylic acids is 1. The van der Waals surface area contributed by atoms with Crippen molar-refractivity contribution in [2.24, 2.45) is 0 Å². The largest absolute Gasteiger partial charge is 0.442 e. The first-order chi connectivity index (χ1) is 13.0. The monoisotopic (exact) mass is 384 g/mol. The summed E-state index contributed by atoms with van der Waals surface area (Å²) in [6.07, 6.45) is 0. The minimum absolute atomic E-state index is 0.155. The zero-order valence-corrected chi connectivity index (χ0v) is 15.7. The Balaban J connectivity index is 1.70. The van der Waals surface area contributed by atoms with Crippen molar-refractivity contribution in [3.05, 3.63) is 62.9 Å². The minimum atomic E-state index is -0.660. The molecular weight excluding hydrogens is 368 g/mol. The molecule has 0 aromatic carbocycles. The molecule has 0 N–H and O–H groups in total. The molecular formula is C18H16N4O4S. The van der Waals surface area contributed by atoms with Crippen LogP contribution in [0.5, 0.6) is 0 Å². The van der Waals surface area contributed by atoms with E-state index in [0.717, 1.165) is 16.3 Å². The van der Waals surface area contributed by atoms with Gasteiger partial charge in [0.25, 0.3) is 0 Å². The summed E-state index contributed by atoms with van der Waals surface area (Å²) >= 11 is 1.42. The molecule has 4 heterocycles. The zero-order chi connectivity index (χ0) is 19.1. The highest BCUT2D eigenvalue weighted by Crippen LogP contribution is 2.24. The number of thiophene rings is 1. The number of ketones is 1. The van der Waals surface area contributed by atoms with Crippen LogP contribution in [-0.2, 0) is 6.54 Å². The third-order valence-corrected chi connectivity index (χ3v) is 5.17. The number of hydrogen-bond donors (Lipinski definition) is 0. The van der Waals surface area contributed by atoms with Crippen molar-refractivity contribution in [1.29, 1.82) is 0 Å². The van der Waals surface area contributed by atoms with E-state index in [-0.39, 0.29) is 12.3 Å². The van der Waals surface area contributed by atoms with Gasteiger partial charge in [-0.3, -0.25) is 13.9 Å². The SMILES string of the molecule is Cc1cc(-n2c(C)cc(C(=O)Cn3c(-c4cccs4)noc3=O)c2C)no1. The molecule has 27 heavy (non-hydrogen) atoms. The van der Waals surface area contributed by atoms with Gasteiger partial charge in [0.05, 0.1) is 11.4 Å². The molecule has 138 valence electrons. The molecule has 4 aromatic heterocycles. The second kappa shape index (κ2) is 6.51. The van der Waals surface area contributed by atoms with Gasteiger partial charge in [-0.05, 0) is 38.3 Å². The molecule has 0 aliphatic rings. The maximum absolute atomic E-state index is 12.9. The number of rotatable bonds is 5.